The van der Waals surface area contributed by atoms with Crippen LogP contribution in [0.25, 0.3) is 0 Å². The molecule has 25 heavy (non-hydrogen) atoms. The third-order valence-corrected chi connectivity index (χ3v) is 4.62. The SMILES string of the molecule is C=N/C(=N\C=C(/C)Cl)N1CCN(C(C)c2ccc3c(c2)OCO3)CC1. The van der Waals surface area contributed by atoms with E-state index < -0.39 is 0 Å². The summed E-state index contributed by atoms with van der Waals surface area (Å²) in [5, 5.41) is 0.621. The second-order valence-electron chi connectivity index (χ2n) is 6.11. The first-order chi connectivity index (χ1) is 12.1. The minimum absolute atomic E-state index is 0.304. The number of hydrogen-bond acceptors (Lipinski definition) is 4. The summed E-state index contributed by atoms with van der Waals surface area (Å²) in [4.78, 5) is 12.9. The van der Waals surface area contributed by atoms with Crippen LogP contribution in [0.4, 0.5) is 0 Å². The summed E-state index contributed by atoms with van der Waals surface area (Å²) in [5.41, 5.74) is 1.23. The number of ether oxygens (including phenoxy) is 2. The summed E-state index contributed by atoms with van der Waals surface area (Å²) >= 11 is 5.84. The maximum Gasteiger partial charge on any atom is 0.231 e. The number of halogens is 1. The van der Waals surface area contributed by atoms with E-state index in [9.17, 15) is 0 Å². The fourth-order valence-electron chi connectivity index (χ4n) is 3.06. The van der Waals surface area contributed by atoms with E-state index in [-0.39, 0.29) is 0 Å². The fraction of sp³-hybridized carbons (Fsp3) is 0.444. The third kappa shape index (κ3) is 4.14. The van der Waals surface area contributed by atoms with Gasteiger partial charge in [0.2, 0.25) is 12.8 Å². The molecule has 0 aliphatic carbocycles. The van der Waals surface area contributed by atoms with Crippen molar-refractivity contribution < 1.29 is 9.47 Å². The van der Waals surface area contributed by atoms with Crippen LogP contribution in [0.2, 0.25) is 0 Å². The van der Waals surface area contributed by atoms with Crippen molar-refractivity contribution in [1.82, 2.24) is 9.80 Å². The highest BCUT2D eigenvalue weighted by Gasteiger charge is 2.25. The normalized spacial score (nSPS) is 19.9. The highest BCUT2D eigenvalue weighted by Crippen LogP contribution is 2.35. The lowest BCUT2D eigenvalue weighted by atomic mass is 10.1. The second-order valence-corrected chi connectivity index (χ2v) is 6.71. The number of nitrogens with zero attached hydrogens (tertiary/aromatic N) is 4. The fourth-order valence-corrected chi connectivity index (χ4v) is 3.11. The Labute approximate surface area is 153 Å². The van der Waals surface area contributed by atoms with Crippen LogP contribution >= 0.6 is 11.6 Å². The van der Waals surface area contributed by atoms with E-state index in [0.29, 0.717) is 23.8 Å². The van der Waals surface area contributed by atoms with Crippen LogP contribution in [0.1, 0.15) is 25.5 Å². The lowest BCUT2D eigenvalue weighted by molar-refractivity contribution is 0.140. The third-order valence-electron chi connectivity index (χ3n) is 4.52. The zero-order valence-electron chi connectivity index (χ0n) is 14.6. The number of benzene rings is 1. The summed E-state index contributed by atoms with van der Waals surface area (Å²) in [7, 11) is 0. The monoisotopic (exact) mass is 362 g/mol. The molecular formula is C18H23ClN4O2. The molecule has 1 atom stereocenters. The van der Waals surface area contributed by atoms with E-state index in [0.717, 1.165) is 37.7 Å². The standard InChI is InChI=1S/C18H23ClN4O2/c1-13(19)11-21-18(20-3)23-8-6-22(7-9-23)14(2)15-4-5-16-17(10-15)25-12-24-16/h4-5,10-11,14H,3,6-9,12H2,1-2H3/b13-11+,21-18+. The van der Waals surface area contributed by atoms with Gasteiger partial charge in [-0.05, 0) is 38.3 Å². The Kier molecular flexibility index (Phi) is 5.60. The van der Waals surface area contributed by atoms with Gasteiger partial charge in [-0.15, -0.1) is 0 Å². The maximum absolute atomic E-state index is 5.84. The van der Waals surface area contributed by atoms with Crippen LogP contribution in [-0.2, 0) is 0 Å². The topological polar surface area (TPSA) is 49.7 Å². The molecule has 0 radical (unpaired) electrons. The molecule has 1 unspecified atom stereocenters. The van der Waals surface area contributed by atoms with E-state index in [1.807, 2.05) is 6.07 Å². The lowest BCUT2D eigenvalue weighted by Gasteiger charge is -2.38. The van der Waals surface area contributed by atoms with Crippen molar-refractivity contribution >= 4 is 24.3 Å². The highest BCUT2D eigenvalue weighted by atomic mass is 35.5. The lowest BCUT2D eigenvalue weighted by Crippen LogP contribution is -2.48. The van der Waals surface area contributed by atoms with Gasteiger partial charge in [0, 0.05) is 43.5 Å². The Morgan fingerprint density at radius 3 is 2.64 bits per heavy atom. The first kappa shape index (κ1) is 17.8. The van der Waals surface area contributed by atoms with Crippen molar-refractivity contribution in [2.45, 2.75) is 19.9 Å². The number of fused-ring (bicyclic) bond motifs is 1. The van der Waals surface area contributed by atoms with Gasteiger partial charge in [0.1, 0.15) is 0 Å². The molecule has 2 heterocycles. The summed E-state index contributed by atoms with van der Waals surface area (Å²) in [6, 6.07) is 6.47. The molecule has 0 spiro atoms. The largest absolute Gasteiger partial charge is 0.454 e. The van der Waals surface area contributed by atoms with E-state index in [2.05, 4.69) is 45.6 Å². The van der Waals surface area contributed by atoms with Crippen LogP contribution in [0.15, 0.2) is 39.4 Å². The first-order valence-corrected chi connectivity index (χ1v) is 8.71. The first-order valence-electron chi connectivity index (χ1n) is 8.34. The van der Waals surface area contributed by atoms with Gasteiger partial charge in [-0.2, -0.15) is 0 Å². The maximum atomic E-state index is 5.84. The van der Waals surface area contributed by atoms with Crippen molar-refractivity contribution in [2.75, 3.05) is 33.0 Å². The Hall–Kier alpha value is -2.05. The van der Waals surface area contributed by atoms with Crippen molar-refractivity contribution in [3.05, 3.63) is 35.0 Å². The molecule has 0 bridgehead atoms. The van der Waals surface area contributed by atoms with Crippen LogP contribution in [0, 0.1) is 0 Å². The molecule has 1 saturated heterocycles. The zero-order chi connectivity index (χ0) is 17.8. The van der Waals surface area contributed by atoms with Gasteiger partial charge in [0.05, 0.1) is 0 Å². The van der Waals surface area contributed by atoms with Crippen molar-refractivity contribution in [1.29, 1.82) is 0 Å². The molecule has 0 aromatic heterocycles. The van der Waals surface area contributed by atoms with Crippen molar-refractivity contribution in [3.63, 3.8) is 0 Å². The van der Waals surface area contributed by atoms with E-state index in [1.54, 1.807) is 13.1 Å². The Morgan fingerprint density at radius 1 is 1.24 bits per heavy atom. The van der Waals surface area contributed by atoms with Crippen LogP contribution in [-0.4, -0.2) is 55.4 Å². The molecule has 1 aromatic carbocycles. The summed E-state index contributed by atoms with van der Waals surface area (Å²) < 4.78 is 10.9. The summed E-state index contributed by atoms with van der Waals surface area (Å²) in [6.07, 6.45) is 1.60. The number of guanidine groups is 1. The number of aliphatic imine (C=N–C) groups is 2. The van der Waals surface area contributed by atoms with E-state index in [1.165, 1.54) is 5.56 Å². The predicted molar refractivity (Wildman–Crippen MR) is 101 cm³/mol. The van der Waals surface area contributed by atoms with Gasteiger partial charge >= 0.3 is 0 Å². The zero-order valence-corrected chi connectivity index (χ0v) is 15.4. The van der Waals surface area contributed by atoms with Crippen LogP contribution in [0.5, 0.6) is 11.5 Å². The Balaban J connectivity index is 1.62. The number of piperazine rings is 1. The van der Waals surface area contributed by atoms with Gasteiger partial charge in [0.25, 0.3) is 0 Å². The smallest absolute Gasteiger partial charge is 0.231 e. The molecule has 134 valence electrons. The van der Waals surface area contributed by atoms with Gasteiger partial charge < -0.3 is 14.4 Å². The average Bonchev–Trinajstić information content (AvgIpc) is 3.09. The van der Waals surface area contributed by atoms with Gasteiger partial charge in [-0.3, -0.25) is 4.90 Å². The number of allylic oxidation sites excluding steroid dienone is 1. The second kappa shape index (κ2) is 7.89. The molecule has 2 aliphatic rings. The molecule has 6 nitrogen and oxygen atoms in total. The Bertz CT molecular complexity index is 692. The number of hydrogen-bond donors (Lipinski definition) is 0. The molecule has 1 aromatic rings. The summed E-state index contributed by atoms with van der Waals surface area (Å²) in [6.45, 7) is 11.5. The van der Waals surface area contributed by atoms with Gasteiger partial charge in [-0.25, -0.2) is 9.98 Å². The molecule has 0 saturated carbocycles. The van der Waals surface area contributed by atoms with E-state index in [4.69, 9.17) is 21.1 Å². The molecule has 7 heteroatoms. The quantitative estimate of drug-likeness (QED) is 0.611. The van der Waals surface area contributed by atoms with Crippen molar-refractivity contribution in [3.8, 4) is 11.5 Å². The molecule has 0 N–H and O–H groups in total. The highest BCUT2D eigenvalue weighted by molar-refractivity contribution is 6.29. The Morgan fingerprint density at radius 2 is 1.96 bits per heavy atom. The average molecular weight is 363 g/mol. The van der Waals surface area contributed by atoms with Crippen LogP contribution < -0.4 is 9.47 Å². The molecule has 0 amide bonds. The van der Waals surface area contributed by atoms with Crippen LogP contribution in [0.3, 0.4) is 0 Å². The van der Waals surface area contributed by atoms with Crippen molar-refractivity contribution in [2.24, 2.45) is 9.98 Å². The predicted octanol–water partition coefficient (Wildman–Crippen LogP) is 3.25. The van der Waals surface area contributed by atoms with Gasteiger partial charge in [-0.1, -0.05) is 17.7 Å². The summed E-state index contributed by atoms with van der Waals surface area (Å²) in [5.74, 6) is 2.27. The molecule has 1 fully saturated rings. The van der Waals surface area contributed by atoms with Gasteiger partial charge in [0.15, 0.2) is 11.5 Å². The number of rotatable bonds is 3. The minimum atomic E-state index is 0.304. The molecular weight excluding hydrogens is 340 g/mol. The molecule has 3 rings (SSSR count). The minimum Gasteiger partial charge on any atom is -0.454 e. The molecule has 2 aliphatic heterocycles. The van der Waals surface area contributed by atoms with E-state index >= 15 is 0 Å².